The molecule has 108 valence electrons. The van der Waals surface area contributed by atoms with Gasteiger partial charge in [0.25, 0.3) is 0 Å². The topological polar surface area (TPSA) is 92.4 Å². The molecule has 0 aliphatic heterocycles. The van der Waals surface area contributed by atoms with Gasteiger partial charge in [-0.15, -0.1) is 0 Å². The van der Waals surface area contributed by atoms with Gasteiger partial charge in [0.1, 0.15) is 0 Å². The fourth-order valence-electron chi connectivity index (χ4n) is 1.93. The summed E-state index contributed by atoms with van der Waals surface area (Å²) >= 11 is 0. The van der Waals surface area contributed by atoms with Gasteiger partial charge < -0.3 is 10.8 Å². The van der Waals surface area contributed by atoms with Gasteiger partial charge in [0, 0.05) is 12.2 Å². The molecule has 0 aromatic heterocycles. The van der Waals surface area contributed by atoms with Crippen molar-refractivity contribution in [2.24, 2.45) is 0 Å². The van der Waals surface area contributed by atoms with E-state index in [9.17, 15) is 13.5 Å². The van der Waals surface area contributed by atoms with E-state index in [0.717, 1.165) is 6.42 Å². The molecule has 0 heterocycles. The van der Waals surface area contributed by atoms with Crippen LogP contribution in [0.4, 0.5) is 5.69 Å². The highest BCUT2D eigenvalue weighted by Gasteiger charge is 2.24. The van der Waals surface area contributed by atoms with Gasteiger partial charge in [-0.05, 0) is 44.0 Å². The van der Waals surface area contributed by atoms with Crippen molar-refractivity contribution in [3.05, 3.63) is 23.8 Å². The van der Waals surface area contributed by atoms with Crippen LogP contribution in [-0.2, 0) is 10.0 Å². The quantitative estimate of drug-likeness (QED) is 0.689. The predicted octanol–water partition coefficient (Wildman–Crippen LogP) is 1.41. The molecular formula is C13H22N2O3S. The molecule has 1 atom stereocenters. The lowest BCUT2D eigenvalue weighted by atomic mass is 10.0. The lowest BCUT2D eigenvalue weighted by molar-refractivity contribution is 0.0554. The van der Waals surface area contributed by atoms with E-state index in [-0.39, 0.29) is 11.4 Å². The highest BCUT2D eigenvalue weighted by Crippen LogP contribution is 2.18. The summed E-state index contributed by atoms with van der Waals surface area (Å²) < 4.78 is 26.7. The first-order valence-corrected chi connectivity index (χ1v) is 7.74. The molecule has 4 N–H and O–H groups in total. The minimum atomic E-state index is -3.62. The number of nitrogen functional groups attached to an aromatic ring is 1. The number of aliphatic hydroxyl groups is 1. The average Bonchev–Trinajstić information content (AvgIpc) is 2.26. The Morgan fingerprint density at radius 1 is 1.42 bits per heavy atom. The first-order chi connectivity index (χ1) is 8.68. The summed E-state index contributed by atoms with van der Waals surface area (Å²) in [6.07, 6.45) is 1.33. The van der Waals surface area contributed by atoms with Crippen molar-refractivity contribution < 1.29 is 13.5 Å². The number of rotatable bonds is 6. The summed E-state index contributed by atoms with van der Waals surface area (Å²) in [5, 5.41) is 9.99. The molecule has 0 radical (unpaired) electrons. The van der Waals surface area contributed by atoms with Gasteiger partial charge in [-0.25, -0.2) is 13.1 Å². The molecule has 0 spiro atoms. The van der Waals surface area contributed by atoms with Gasteiger partial charge in [-0.3, -0.25) is 0 Å². The first kappa shape index (κ1) is 15.9. The molecule has 0 saturated heterocycles. The maximum atomic E-state index is 12.2. The van der Waals surface area contributed by atoms with Crippen LogP contribution in [0, 0.1) is 6.92 Å². The van der Waals surface area contributed by atoms with E-state index in [4.69, 9.17) is 5.73 Å². The number of anilines is 1. The summed E-state index contributed by atoms with van der Waals surface area (Å²) in [5.74, 6) is 0. The number of hydrogen-bond donors (Lipinski definition) is 3. The van der Waals surface area contributed by atoms with Crippen LogP contribution in [0.5, 0.6) is 0 Å². The zero-order valence-electron chi connectivity index (χ0n) is 11.6. The molecule has 1 aromatic rings. The van der Waals surface area contributed by atoms with E-state index in [1.807, 2.05) is 6.92 Å². The van der Waals surface area contributed by atoms with Crippen molar-refractivity contribution in [3.8, 4) is 0 Å². The number of hydrogen-bond acceptors (Lipinski definition) is 4. The van der Waals surface area contributed by atoms with Crippen LogP contribution in [0.1, 0.15) is 32.3 Å². The summed E-state index contributed by atoms with van der Waals surface area (Å²) in [6, 6.07) is 4.63. The van der Waals surface area contributed by atoms with E-state index in [0.29, 0.717) is 17.7 Å². The lowest BCUT2D eigenvalue weighted by Gasteiger charge is -2.23. The Hall–Kier alpha value is -1.11. The maximum absolute atomic E-state index is 12.2. The Morgan fingerprint density at radius 2 is 2.05 bits per heavy atom. The minimum absolute atomic E-state index is 0.00695. The lowest BCUT2D eigenvalue weighted by Crippen LogP contribution is -2.40. The van der Waals surface area contributed by atoms with Gasteiger partial charge in [0.2, 0.25) is 10.0 Å². The third kappa shape index (κ3) is 4.49. The van der Waals surface area contributed by atoms with Crippen LogP contribution < -0.4 is 10.5 Å². The van der Waals surface area contributed by atoms with Crippen LogP contribution in [0.15, 0.2) is 23.1 Å². The van der Waals surface area contributed by atoms with Crippen molar-refractivity contribution in [1.82, 2.24) is 4.72 Å². The zero-order chi connectivity index (χ0) is 14.7. The molecule has 1 aromatic carbocycles. The molecular weight excluding hydrogens is 264 g/mol. The molecule has 0 fully saturated rings. The van der Waals surface area contributed by atoms with Crippen LogP contribution in [0.25, 0.3) is 0 Å². The highest BCUT2D eigenvalue weighted by atomic mass is 32.2. The zero-order valence-corrected chi connectivity index (χ0v) is 12.4. The summed E-state index contributed by atoms with van der Waals surface area (Å²) in [4.78, 5) is 0.189. The Morgan fingerprint density at radius 3 is 2.58 bits per heavy atom. The van der Waals surface area contributed by atoms with Gasteiger partial charge in [0.15, 0.2) is 0 Å². The van der Waals surface area contributed by atoms with Gasteiger partial charge in [0.05, 0.1) is 10.5 Å². The molecule has 6 heteroatoms. The standard InChI is InChI=1S/C13H22N2O3S/c1-4-7-13(3,16)9-15-19(17,18)12-6-5-11(14)8-10(12)2/h5-6,8,15-16H,4,7,9,14H2,1-3H3. The van der Waals surface area contributed by atoms with E-state index >= 15 is 0 Å². The second-order valence-corrected chi connectivity index (χ2v) is 6.83. The molecule has 0 bridgehead atoms. The Kier molecular flexibility index (Phi) is 4.95. The van der Waals surface area contributed by atoms with Crippen molar-refractivity contribution in [2.45, 2.75) is 44.1 Å². The van der Waals surface area contributed by atoms with Gasteiger partial charge >= 0.3 is 0 Å². The average molecular weight is 286 g/mol. The first-order valence-electron chi connectivity index (χ1n) is 6.26. The van der Waals surface area contributed by atoms with Gasteiger partial charge in [-0.1, -0.05) is 13.3 Å². The second-order valence-electron chi connectivity index (χ2n) is 5.10. The number of aryl methyl sites for hydroxylation is 1. The number of nitrogens with two attached hydrogens (primary N) is 1. The Balaban J connectivity index is 2.87. The van der Waals surface area contributed by atoms with Crippen LogP contribution in [0.3, 0.4) is 0 Å². The van der Waals surface area contributed by atoms with Crippen molar-refractivity contribution in [2.75, 3.05) is 12.3 Å². The Labute approximate surface area is 114 Å². The normalized spacial score (nSPS) is 15.2. The third-order valence-electron chi connectivity index (χ3n) is 2.92. The summed E-state index contributed by atoms with van der Waals surface area (Å²) in [5.41, 5.74) is 5.67. The number of nitrogens with one attached hydrogen (secondary N) is 1. The molecule has 0 aliphatic rings. The maximum Gasteiger partial charge on any atom is 0.240 e. The molecule has 0 saturated carbocycles. The monoisotopic (exact) mass is 286 g/mol. The fraction of sp³-hybridized carbons (Fsp3) is 0.538. The minimum Gasteiger partial charge on any atom is -0.399 e. The summed E-state index contributed by atoms with van der Waals surface area (Å²) in [6.45, 7) is 5.24. The molecule has 1 unspecified atom stereocenters. The smallest absolute Gasteiger partial charge is 0.240 e. The summed E-state index contributed by atoms with van der Waals surface area (Å²) in [7, 11) is -3.62. The van der Waals surface area contributed by atoms with Crippen molar-refractivity contribution in [3.63, 3.8) is 0 Å². The second kappa shape index (κ2) is 5.90. The molecule has 0 aliphatic carbocycles. The van der Waals surface area contributed by atoms with E-state index in [1.54, 1.807) is 26.0 Å². The van der Waals surface area contributed by atoms with E-state index in [2.05, 4.69) is 4.72 Å². The SMILES string of the molecule is CCCC(C)(O)CNS(=O)(=O)c1ccc(N)cc1C. The van der Waals surface area contributed by atoms with Crippen LogP contribution in [0.2, 0.25) is 0 Å². The number of benzene rings is 1. The van der Waals surface area contributed by atoms with E-state index in [1.165, 1.54) is 6.07 Å². The Bertz CT molecular complexity index is 539. The highest BCUT2D eigenvalue weighted by molar-refractivity contribution is 7.89. The van der Waals surface area contributed by atoms with E-state index < -0.39 is 15.6 Å². The molecule has 19 heavy (non-hydrogen) atoms. The van der Waals surface area contributed by atoms with Crippen LogP contribution >= 0.6 is 0 Å². The van der Waals surface area contributed by atoms with Crippen molar-refractivity contribution >= 4 is 15.7 Å². The van der Waals surface area contributed by atoms with Gasteiger partial charge in [-0.2, -0.15) is 0 Å². The number of sulfonamides is 1. The third-order valence-corrected chi connectivity index (χ3v) is 4.48. The predicted molar refractivity (Wildman–Crippen MR) is 76.3 cm³/mol. The molecule has 1 rings (SSSR count). The molecule has 0 amide bonds. The molecule has 5 nitrogen and oxygen atoms in total. The van der Waals surface area contributed by atoms with Crippen molar-refractivity contribution in [1.29, 1.82) is 0 Å². The van der Waals surface area contributed by atoms with Crippen LogP contribution in [-0.4, -0.2) is 25.7 Å². The largest absolute Gasteiger partial charge is 0.399 e. The fourth-order valence-corrected chi connectivity index (χ4v) is 3.32.